The summed E-state index contributed by atoms with van der Waals surface area (Å²) in [7, 11) is 3.27. The second-order valence-corrected chi connectivity index (χ2v) is 9.00. The summed E-state index contributed by atoms with van der Waals surface area (Å²) in [5.41, 5.74) is 1.44. The molecule has 3 rings (SSSR count). The van der Waals surface area contributed by atoms with Gasteiger partial charge in [0.15, 0.2) is 0 Å². The molecule has 1 aliphatic heterocycles. The lowest BCUT2D eigenvalue weighted by Crippen LogP contribution is -2.48. The molecule has 3 atom stereocenters. The fourth-order valence-electron chi connectivity index (χ4n) is 4.02. The minimum atomic E-state index is -0.375. The van der Waals surface area contributed by atoms with E-state index in [1.807, 2.05) is 13.8 Å². The number of aromatic nitrogens is 3. The number of carbonyl (C=O) groups excluding carboxylic acids is 2. The van der Waals surface area contributed by atoms with Crippen LogP contribution >= 0.6 is 0 Å². The molecule has 11 heteroatoms. The molecule has 2 heterocycles. The molecule has 0 fully saturated rings. The van der Waals surface area contributed by atoms with E-state index in [0.717, 1.165) is 5.69 Å². The monoisotopic (exact) mass is 488 g/mol. The first-order chi connectivity index (χ1) is 16.8. The van der Waals surface area contributed by atoms with Crippen LogP contribution in [0.15, 0.2) is 30.5 Å². The van der Waals surface area contributed by atoms with Gasteiger partial charge in [0, 0.05) is 50.8 Å². The van der Waals surface area contributed by atoms with Gasteiger partial charge in [-0.1, -0.05) is 18.2 Å². The number of aliphatic hydroxyl groups is 1. The fraction of sp³-hybridized carbons (Fsp3) is 0.583. The van der Waals surface area contributed by atoms with Crippen molar-refractivity contribution in [1.82, 2.24) is 24.8 Å². The molecule has 0 bridgehead atoms. The van der Waals surface area contributed by atoms with Gasteiger partial charge in [-0.2, -0.15) is 0 Å². The van der Waals surface area contributed by atoms with Crippen LogP contribution in [0.1, 0.15) is 32.4 Å². The van der Waals surface area contributed by atoms with Gasteiger partial charge in [0.05, 0.1) is 44.4 Å². The van der Waals surface area contributed by atoms with Crippen LogP contribution in [0.25, 0.3) is 0 Å². The van der Waals surface area contributed by atoms with Gasteiger partial charge in [-0.05, 0) is 25.5 Å². The standard InChI is InChI=1S/C24H36N6O5/c1-17-13-29(18(2)15-31)23(32)9-6-10-30-20(12-25-27-30)16-35-22(17)14-28(3)24(33)26-19-7-5-8-21(11-19)34-4/h5,7-8,11-12,17-18,22,31H,6,9-10,13-16H2,1-4H3,(H,26,33)/t17-,18-,22+/m0/s1. The van der Waals surface area contributed by atoms with Crippen molar-refractivity contribution < 1.29 is 24.2 Å². The van der Waals surface area contributed by atoms with Crippen molar-refractivity contribution >= 4 is 17.6 Å². The number of carbonyl (C=O) groups is 2. The Kier molecular flexibility index (Phi) is 9.44. The SMILES string of the molecule is COc1cccc(NC(=O)N(C)C[C@H]2OCc3cnnn3CCCC(=O)N([C@@H](C)CO)C[C@@H]2C)c1. The van der Waals surface area contributed by atoms with E-state index in [2.05, 4.69) is 15.6 Å². The Bertz CT molecular complexity index is 983. The Balaban J connectivity index is 1.76. The zero-order valence-electron chi connectivity index (χ0n) is 20.9. The van der Waals surface area contributed by atoms with Gasteiger partial charge in [0.25, 0.3) is 0 Å². The topological polar surface area (TPSA) is 122 Å². The molecule has 2 aromatic rings. The second kappa shape index (κ2) is 12.5. The molecular formula is C24H36N6O5. The number of amides is 3. The number of hydrogen-bond donors (Lipinski definition) is 2. The maximum absolute atomic E-state index is 13.0. The number of urea groups is 1. The lowest BCUT2D eigenvalue weighted by Gasteiger charge is -2.35. The molecule has 1 aliphatic rings. The summed E-state index contributed by atoms with van der Waals surface area (Å²) in [6, 6.07) is 6.54. The van der Waals surface area contributed by atoms with Crippen LogP contribution in [0.2, 0.25) is 0 Å². The summed E-state index contributed by atoms with van der Waals surface area (Å²) in [6.07, 6.45) is 2.26. The number of fused-ring (bicyclic) bond motifs is 1. The lowest BCUT2D eigenvalue weighted by atomic mass is 10.0. The van der Waals surface area contributed by atoms with E-state index in [-0.39, 0.29) is 43.2 Å². The van der Waals surface area contributed by atoms with Gasteiger partial charge in [-0.25, -0.2) is 9.48 Å². The third-order valence-corrected chi connectivity index (χ3v) is 6.26. The average molecular weight is 489 g/mol. The Morgan fingerprint density at radius 2 is 2.23 bits per heavy atom. The van der Waals surface area contributed by atoms with Crippen LogP contribution in [0.3, 0.4) is 0 Å². The maximum Gasteiger partial charge on any atom is 0.321 e. The Hall–Kier alpha value is -3.18. The first-order valence-electron chi connectivity index (χ1n) is 11.9. The van der Waals surface area contributed by atoms with Crippen LogP contribution in [0.4, 0.5) is 10.5 Å². The van der Waals surface area contributed by atoms with Gasteiger partial charge in [0.2, 0.25) is 5.91 Å². The van der Waals surface area contributed by atoms with E-state index in [0.29, 0.717) is 43.9 Å². The van der Waals surface area contributed by atoms with Crippen molar-refractivity contribution in [1.29, 1.82) is 0 Å². The predicted octanol–water partition coefficient (Wildman–Crippen LogP) is 1.98. The summed E-state index contributed by atoms with van der Waals surface area (Å²) in [5, 5.41) is 20.7. The number of nitrogens with zero attached hydrogens (tertiary/aromatic N) is 5. The fourth-order valence-corrected chi connectivity index (χ4v) is 4.02. The van der Waals surface area contributed by atoms with Crippen LogP contribution in [-0.4, -0.2) is 87.8 Å². The highest BCUT2D eigenvalue weighted by Gasteiger charge is 2.29. The summed E-state index contributed by atoms with van der Waals surface area (Å²) < 4.78 is 13.2. The molecule has 192 valence electrons. The lowest BCUT2D eigenvalue weighted by molar-refractivity contribution is -0.136. The van der Waals surface area contributed by atoms with Crippen LogP contribution in [0, 0.1) is 5.92 Å². The minimum absolute atomic E-state index is 0.0245. The molecular weight excluding hydrogens is 452 g/mol. The number of nitrogens with one attached hydrogen (secondary N) is 1. The molecule has 0 aliphatic carbocycles. The van der Waals surface area contributed by atoms with E-state index in [4.69, 9.17) is 9.47 Å². The summed E-state index contributed by atoms with van der Waals surface area (Å²) >= 11 is 0. The molecule has 3 amide bonds. The highest BCUT2D eigenvalue weighted by atomic mass is 16.5. The molecule has 0 unspecified atom stereocenters. The maximum atomic E-state index is 13.0. The highest BCUT2D eigenvalue weighted by molar-refractivity contribution is 5.89. The number of anilines is 1. The molecule has 1 aromatic heterocycles. The number of ether oxygens (including phenoxy) is 2. The van der Waals surface area contributed by atoms with Crippen molar-refractivity contribution in [2.75, 3.05) is 39.2 Å². The molecule has 0 spiro atoms. The Labute approximate surface area is 206 Å². The van der Waals surface area contributed by atoms with Gasteiger partial charge >= 0.3 is 6.03 Å². The molecule has 1 aromatic carbocycles. The van der Waals surface area contributed by atoms with Crippen molar-refractivity contribution in [2.24, 2.45) is 5.92 Å². The molecule has 0 radical (unpaired) electrons. The average Bonchev–Trinajstić information content (AvgIpc) is 3.30. The number of aliphatic hydroxyl groups excluding tert-OH is 1. The zero-order valence-corrected chi connectivity index (χ0v) is 20.9. The van der Waals surface area contributed by atoms with Crippen molar-refractivity contribution in [3.05, 3.63) is 36.2 Å². The van der Waals surface area contributed by atoms with Gasteiger partial charge in [-0.3, -0.25) is 4.79 Å². The molecule has 35 heavy (non-hydrogen) atoms. The van der Waals surface area contributed by atoms with Crippen LogP contribution < -0.4 is 10.1 Å². The summed E-state index contributed by atoms with van der Waals surface area (Å²) in [5.74, 6) is 0.516. The Morgan fingerprint density at radius 3 is 2.97 bits per heavy atom. The van der Waals surface area contributed by atoms with Crippen molar-refractivity contribution in [3.8, 4) is 5.75 Å². The smallest absolute Gasteiger partial charge is 0.321 e. The highest BCUT2D eigenvalue weighted by Crippen LogP contribution is 2.20. The predicted molar refractivity (Wildman–Crippen MR) is 130 cm³/mol. The largest absolute Gasteiger partial charge is 0.497 e. The van der Waals surface area contributed by atoms with Crippen molar-refractivity contribution in [3.63, 3.8) is 0 Å². The van der Waals surface area contributed by atoms with Crippen molar-refractivity contribution in [2.45, 2.75) is 52.0 Å². The molecule has 11 nitrogen and oxygen atoms in total. The van der Waals surface area contributed by atoms with E-state index in [1.165, 1.54) is 0 Å². The number of aryl methyl sites for hydroxylation is 1. The van der Waals surface area contributed by atoms with Gasteiger partial charge < -0.3 is 29.7 Å². The van der Waals surface area contributed by atoms with E-state index < -0.39 is 0 Å². The molecule has 0 saturated carbocycles. The van der Waals surface area contributed by atoms with E-state index in [1.54, 1.807) is 59.1 Å². The number of hydrogen-bond acceptors (Lipinski definition) is 7. The number of methoxy groups -OCH3 is 1. The van der Waals surface area contributed by atoms with E-state index >= 15 is 0 Å². The third-order valence-electron chi connectivity index (χ3n) is 6.26. The van der Waals surface area contributed by atoms with Gasteiger partial charge in [-0.15, -0.1) is 5.10 Å². The number of rotatable bonds is 6. The third kappa shape index (κ3) is 7.15. The summed E-state index contributed by atoms with van der Waals surface area (Å²) in [6.45, 7) is 5.24. The molecule has 2 N–H and O–H groups in total. The normalized spacial score (nSPS) is 20.3. The first kappa shape index (κ1) is 26.4. The zero-order chi connectivity index (χ0) is 25.4. The number of likely N-dealkylation sites (N-methyl/N-ethyl adjacent to an activating group) is 1. The van der Waals surface area contributed by atoms with Crippen LogP contribution in [-0.2, 0) is 22.7 Å². The minimum Gasteiger partial charge on any atom is -0.497 e. The first-order valence-corrected chi connectivity index (χ1v) is 11.9. The second-order valence-electron chi connectivity index (χ2n) is 9.00. The Morgan fingerprint density at radius 1 is 1.43 bits per heavy atom. The van der Waals surface area contributed by atoms with Crippen LogP contribution in [0.5, 0.6) is 5.75 Å². The summed E-state index contributed by atoms with van der Waals surface area (Å²) in [4.78, 5) is 29.1. The molecule has 0 saturated heterocycles. The van der Waals surface area contributed by atoms with E-state index in [9.17, 15) is 14.7 Å². The van der Waals surface area contributed by atoms with Gasteiger partial charge in [0.1, 0.15) is 5.75 Å². The quantitative estimate of drug-likeness (QED) is 0.637. The number of benzene rings is 1.